The molecule has 11 nitrogen and oxygen atoms in total. The number of rotatable bonds is 5. The van der Waals surface area contributed by atoms with Crippen molar-refractivity contribution < 1.29 is 9.53 Å². The topological polar surface area (TPSA) is 102 Å². The standard InChI is InChI=1S/C27H37N9O2S/c1-17-29-23-25(37)31-20-16-28-27(32-24(20)34(3)26(23)39-17)30-18-5-6-21(22(15-18)38-4)36-9-7-19(8-10-36)35-13-11-33(2)12-14-35/h5-6,15-16,19,21-22H,7-14H2,1-4H3,(H,31,37)(H,28,30,32). The number of allylic oxidation sites excluding steroid dienone is 1. The minimum atomic E-state index is -0.247. The molecule has 0 aromatic carbocycles. The molecule has 2 N–H and O–H groups in total. The van der Waals surface area contributed by atoms with Crippen LogP contribution in [0.5, 0.6) is 0 Å². The molecule has 2 aromatic heterocycles. The van der Waals surface area contributed by atoms with E-state index in [1.54, 1.807) is 13.3 Å². The summed E-state index contributed by atoms with van der Waals surface area (Å²) in [6.45, 7) is 8.75. The monoisotopic (exact) mass is 551 g/mol. The summed E-state index contributed by atoms with van der Waals surface area (Å²) in [5.41, 5.74) is 1.85. The first kappa shape index (κ1) is 26.3. The van der Waals surface area contributed by atoms with Crippen molar-refractivity contribution in [2.75, 3.05) is 76.0 Å². The molecule has 3 aliphatic heterocycles. The average molecular weight is 552 g/mol. The van der Waals surface area contributed by atoms with Crippen LogP contribution in [0.1, 0.15) is 28.3 Å². The minimum absolute atomic E-state index is 0.0665. The molecule has 4 aliphatic rings. The van der Waals surface area contributed by atoms with E-state index in [2.05, 4.69) is 60.6 Å². The highest BCUT2D eigenvalue weighted by atomic mass is 32.1. The van der Waals surface area contributed by atoms with E-state index < -0.39 is 0 Å². The Labute approximate surface area is 233 Å². The van der Waals surface area contributed by atoms with Crippen molar-refractivity contribution in [3.63, 3.8) is 0 Å². The van der Waals surface area contributed by atoms with Crippen LogP contribution in [0.15, 0.2) is 30.1 Å². The Morgan fingerprint density at radius 3 is 2.59 bits per heavy atom. The molecule has 2 saturated heterocycles. The third-order valence-corrected chi connectivity index (χ3v) is 9.27. The molecule has 2 fully saturated rings. The van der Waals surface area contributed by atoms with Gasteiger partial charge in [-0.3, -0.25) is 14.6 Å². The molecule has 5 heterocycles. The number of thiazole rings is 1. The molecule has 0 bridgehead atoms. The van der Waals surface area contributed by atoms with Crippen LogP contribution in [0.4, 0.5) is 22.5 Å². The fourth-order valence-electron chi connectivity index (χ4n) is 5.97. The molecule has 0 radical (unpaired) electrons. The van der Waals surface area contributed by atoms with E-state index in [0.29, 0.717) is 29.2 Å². The maximum atomic E-state index is 12.7. The summed E-state index contributed by atoms with van der Waals surface area (Å²) in [4.78, 5) is 35.8. The summed E-state index contributed by atoms with van der Waals surface area (Å²) in [6.07, 6.45) is 10.4. The lowest BCUT2D eigenvalue weighted by Crippen LogP contribution is -2.54. The number of ether oxygens (including phenoxy) is 1. The van der Waals surface area contributed by atoms with E-state index in [-0.39, 0.29) is 18.1 Å². The number of methoxy groups -OCH3 is 1. The van der Waals surface area contributed by atoms with E-state index in [9.17, 15) is 4.79 Å². The van der Waals surface area contributed by atoms with Gasteiger partial charge in [-0.2, -0.15) is 4.98 Å². The van der Waals surface area contributed by atoms with Gasteiger partial charge in [0, 0.05) is 65.2 Å². The predicted molar refractivity (Wildman–Crippen MR) is 154 cm³/mol. The summed E-state index contributed by atoms with van der Waals surface area (Å²) >= 11 is 1.47. The summed E-state index contributed by atoms with van der Waals surface area (Å²) in [7, 11) is 5.88. The van der Waals surface area contributed by atoms with Crippen molar-refractivity contribution in [1.29, 1.82) is 0 Å². The normalized spacial score (nSPS) is 25.1. The molecular formula is C27H37N9O2S. The lowest BCUT2D eigenvalue weighted by atomic mass is 9.96. The summed E-state index contributed by atoms with van der Waals surface area (Å²) < 4.78 is 5.93. The number of hydrogen-bond donors (Lipinski definition) is 2. The highest BCUT2D eigenvalue weighted by Gasteiger charge is 2.33. The Bertz CT molecular complexity index is 1280. The number of aromatic nitrogens is 3. The maximum Gasteiger partial charge on any atom is 0.277 e. The molecular weight excluding hydrogens is 514 g/mol. The zero-order valence-electron chi connectivity index (χ0n) is 23.1. The number of piperazine rings is 1. The molecule has 1 amide bonds. The molecule has 12 heteroatoms. The molecule has 39 heavy (non-hydrogen) atoms. The third kappa shape index (κ3) is 5.31. The highest BCUT2D eigenvalue weighted by Crippen LogP contribution is 2.39. The SMILES string of the molecule is COC1C=C(Nc2ncc3c(n2)N(C)c2sc(C)nc2C(=O)N3)C=CC1N1CCC(N2CCN(C)CC2)CC1. The Morgan fingerprint density at radius 2 is 1.85 bits per heavy atom. The van der Waals surface area contributed by atoms with Gasteiger partial charge in [0.1, 0.15) is 10.7 Å². The number of likely N-dealkylation sites (tertiary alicyclic amines) is 1. The lowest BCUT2D eigenvalue weighted by Gasteiger charge is -2.44. The number of piperidine rings is 1. The molecule has 208 valence electrons. The van der Waals surface area contributed by atoms with Crippen molar-refractivity contribution in [3.05, 3.63) is 40.8 Å². The van der Waals surface area contributed by atoms with Crippen molar-refractivity contribution >= 4 is 39.7 Å². The van der Waals surface area contributed by atoms with Gasteiger partial charge in [0.15, 0.2) is 11.5 Å². The number of anilines is 4. The van der Waals surface area contributed by atoms with E-state index >= 15 is 0 Å². The lowest BCUT2D eigenvalue weighted by molar-refractivity contribution is 0.0237. The number of aryl methyl sites for hydroxylation is 1. The van der Waals surface area contributed by atoms with E-state index in [4.69, 9.17) is 9.72 Å². The number of nitrogens with one attached hydrogen (secondary N) is 2. The number of carbonyl (C=O) groups is 1. The quantitative estimate of drug-likeness (QED) is 0.576. The van der Waals surface area contributed by atoms with Crippen LogP contribution in [0.25, 0.3) is 0 Å². The predicted octanol–water partition coefficient (Wildman–Crippen LogP) is 2.54. The van der Waals surface area contributed by atoms with Crippen molar-refractivity contribution in [2.24, 2.45) is 0 Å². The number of carbonyl (C=O) groups excluding carboxylic acids is 1. The van der Waals surface area contributed by atoms with Gasteiger partial charge in [-0.25, -0.2) is 9.97 Å². The van der Waals surface area contributed by atoms with Crippen LogP contribution in [0.2, 0.25) is 0 Å². The second-order valence-electron chi connectivity index (χ2n) is 10.7. The van der Waals surface area contributed by atoms with Gasteiger partial charge in [-0.1, -0.05) is 6.08 Å². The molecule has 0 saturated carbocycles. The van der Waals surface area contributed by atoms with Gasteiger partial charge in [-0.15, -0.1) is 11.3 Å². The van der Waals surface area contributed by atoms with Crippen molar-refractivity contribution in [1.82, 2.24) is 29.7 Å². The maximum absolute atomic E-state index is 12.7. The van der Waals surface area contributed by atoms with E-state index in [1.165, 1.54) is 50.4 Å². The Hall–Kier alpha value is -2.90. The molecule has 2 atom stereocenters. The van der Waals surface area contributed by atoms with Gasteiger partial charge >= 0.3 is 0 Å². The Morgan fingerprint density at radius 1 is 1.08 bits per heavy atom. The third-order valence-electron chi connectivity index (χ3n) is 8.23. The number of nitrogens with zero attached hydrogens (tertiary/aromatic N) is 7. The first-order valence-electron chi connectivity index (χ1n) is 13.7. The van der Waals surface area contributed by atoms with Crippen LogP contribution in [0.3, 0.4) is 0 Å². The van der Waals surface area contributed by atoms with Gasteiger partial charge in [0.2, 0.25) is 5.95 Å². The van der Waals surface area contributed by atoms with Crippen LogP contribution in [-0.2, 0) is 4.74 Å². The molecule has 2 aromatic rings. The molecule has 6 rings (SSSR count). The van der Waals surface area contributed by atoms with Gasteiger partial charge in [-0.05, 0) is 39.0 Å². The van der Waals surface area contributed by atoms with E-state index in [0.717, 1.165) is 28.8 Å². The number of amides is 1. The average Bonchev–Trinajstić information content (AvgIpc) is 3.32. The van der Waals surface area contributed by atoms with E-state index in [1.807, 2.05) is 18.9 Å². The molecule has 0 spiro atoms. The number of fused-ring (bicyclic) bond motifs is 2. The van der Waals surface area contributed by atoms with Crippen molar-refractivity contribution in [2.45, 2.75) is 38.0 Å². The first-order valence-corrected chi connectivity index (χ1v) is 14.5. The highest BCUT2D eigenvalue weighted by molar-refractivity contribution is 7.16. The van der Waals surface area contributed by atoms with Crippen LogP contribution in [0, 0.1) is 6.92 Å². The Balaban J connectivity index is 1.11. The van der Waals surface area contributed by atoms with Gasteiger partial charge in [0.05, 0.1) is 23.4 Å². The van der Waals surface area contributed by atoms with Crippen LogP contribution < -0.4 is 15.5 Å². The molecule has 1 aliphatic carbocycles. The smallest absolute Gasteiger partial charge is 0.277 e. The second kappa shape index (κ2) is 10.9. The zero-order chi connectivity index (χ0) is 27.1. The fourth-order valence-corrected chi connectivity index (χ4v) is 6.85. The Kier molecular flexibility index (Phi) is 7.38. The van der Waals surface area contributed by atoms with Crippen LogP contribution in [-0.4, -0.2) is 114 Å². The number of likely N-dealkylation sites (N-methyl/N-ethyl adjacent to an activating group) is 1. The zero-order valence-corrected chi connectivity index (χ0v) is 23.9. The first-order chi connectivity index (χ1) is 18.9. The summed E-state index contributed by atoms with van der Waals surface area (Å²) in [6, 6.07) is 0.894. The largest absolute Gasteiger partial charge is 0.375 e. The van der Waals surface area contributed by atoms with Crippen LogP contribution >= 0.6 is 11.3 Å². The second-order valence-corrected chi connectivity index (χ2v) is 11.9. The van der Waals surface area contributed by atoms with Gasteiger partial charge < -0.3 is 25.2 Å². The molecule has 2 unspecified atom stereocenters. The van der Waals surface area contributed by atoms with Gasteiger partial charge in [0.25, 0.3) is 5.91 Å². The summed E-state index contributed by atoms with van der Waals surface area (Å²) in [5.74, 6) is 0.827. The van der Waals surface area contributed by atoms with Crippen molar-refractivity contribution in [3.8, 4) is 0 Å². The fraction of sp³-hybridized carbons (Fsp3) is 0.556. The summed E-state index contributed by atoms with van der Waals surface area (Å²) in [5, 5.41) is 7.83. The number of hydrogen-bond acceptors (Lipinski definition) is 11. The minimum Gasteiger partial charge on any atom is -0.375 e.